The predicted octanol–water partition coefficient (Wildman–Crippen LogP) is 4.16. The van der Waals surface area contributed by atoms with E-state index in [1.54, 1.807) is 18.2 Å². The smallest absolute Gasteiger partial charge is 0.246 e. The molecule has 2 amide bonds. The summed E-state index contributed by atoms with van der Waals surface area (Å²) in [6.45, 7) is 4.18. The van der Waals surface area contributed by atoms with Gasteiger partial charge in [0, 0.05) is 44.6 Å². The lowest BCUT2D eigenvalue weighted by molar-refractivity contribution is -0.139. The molecule has 4 rings (SSSR count). The van der Waals surface area contributed by atoms with E-state index in [-0.39, 0.29) is 17.7 Å². The number of ether oxygens (including phenoxy) is 2. The monoisotopic (exact) mass is 446 g/mol. The molecular weight excluding hydrogens is 416 g/mol. The van der Waals surface area contributed by atoms with Crippen molar-refractivity contribution in [2.24, 2.45) is 5.92 Å². The highest BCUT2D eigenvalue weighted by Crippen LogP contribution is 2.38. The predicted molar refractivity (Wildman–Crippen MR) is 120 cm³/mol. The van der Waals surface area contributed by atoms with Crippen molar-refractivity contribution in [1.29, 1.82) is 0 Å². The van der Waals surface area contributed by atoms with Gasteiger partial charge in [-0.15, -0.1) is 0 Å². The number of hydrogen-bond acceptors (Lipinski definition) is 4. The molecule has 0 saturated carbocycles. The van der Waals surface area contributed by atoms with E-state index >= 15 is 0 Å². The summed E-state index contributed by atoms with van der Waals surface area (Å²) in [6.07, 6.45) is 10.3. The number of halogens is 1. The summed E-state index contributed by atoms with van der Waals surface area (Å²) in [6, 6.07) is 3.63. The number of rotatable bonds is 3. The van der Waals surface area contributed by atoms with Crippen LogP contribution in [0.3, 0.4) is 0 Å². The Balaban J connectivity index is 1.32. The lowest BCUT2D eigenvalue weighted by Gasteiger charge is -2.33. The maximum atomic E-state index is 12.8. The first kappa shape index (κ1) is 22.0. The molecule has 3 aliphatic heterocycles. The van der Waals surface area contributed by atoms with E-state index in [4.69, 9.17) is 21.1 Å². The summed E-state index contributed by atoms with van der Waals surface area (Å²) < 4.78 is 11.4. The van der Waals surface area contributed by atoms with E-state index in [9.17, 15) is 9.59 Å². The average molecular weight is 447 g/mol. The number of amides is 2. The van der Waals surface area contributed by atoms with Gasteiger partial charge in [-0.2, -0.15) is 0 Å². The standard InChI is InChI=1S/C24H31ClN2O4/c25-20-16-18(17-21-23(20)31-15-5-14-30-21)6-7-22(28)26-12-8-19(9-13-26)24(29)27-10-3-1-2-4-11-27/h6-7,16-17,19H,1-5,8-15H2/b7-6+. The van der Waals surface area contributed by atoms with Gasteiger partial charge in [-0.3, -0.25) is 9.59 Å². The fourth-order valence-corrected chi connectivity index (χ4v) is 4.79. The van der Waals surface area contributed by atoms with E-state index in [1.165, 1.54) is 12.8 Å². The molecule has 6 nitrogen and oxygen atoms in total. The molecule has 3 aliphatic rings. The Bertz CT molecular complexity index is 825. The molecule has 0 N–H and O–H groups in total. The highest BCUT2D eigenvalue weighted by Gasteiger charge is 2.29. The SMILES string of the molecule is O=C(/C=C/c1cc(Cl)c2c(c1)OCCCO2)N1CCC(C(=O)N2CCCCCC2)CC1. The second-order valence-corrected chi connectivity index (χ2v) is 8.96. The van der Waals surface area contributed by atoms with Crippen LogP contribution in [0.25, 0.3) is 6.08 Å². The first-order chi connectivity index (χ1) is 15.1. The number of fused-ring (bicyclic) bond motifs is 1. The van der Waals surface area contributed by atoms with Crippen LogP contribution in [-0.2, 0) is 9.59 Å². The van der Waals surface area contributed by atoms with Crippen LogP contribution in [0.2, 0.25) is 5.02 Å². The van der Waals surface area contributed by atoms with Crippen LogP contribution >= 0.6 is 11.6 Å². The normalized spacial score (nSPS) is 20.4. The van der Waals surface area contributed by atoms with Crippen LogP contribution in [-0.4, -0.2) is 61.0 Å². The molecular formula is C24H31ClN2O4. The van der Waals surface area contributed by atoms with Crippen molar-refractivity contribution in [2.45, 2.75) is 44.9 Å². The van der Waals surface area contributed by atoms with Crippen LogP contribution in [0, 0.1) is 5.92 Å². The molecule has 0 radical (unpaired) electrons. The number of carbonyl (C=O) groups excluding carboxylic acids is 2. The lowest BCUT2D eigenvalue weighted by atomic mass is 9.95. The van der Waals surface area contributed by atoms with Crippen LogP contribution in [0.5, 0.6) is 11.5 Å². The van der Waals surface area contributed by atoms with Crippen molar-refractivity contribution < 1.29 is 19.1 Å². The summed E-state index contributed by atoms with van der Waals surface area (Å²) in [5.41, 5.74) is 0.800. The number of nitrogens with zero attached hydrogens (tertiary/aromatic N) is 2. The first-order valence-electron chi connectivity index (χ1n) is 11.5. The van der Waals surface area contributed by atoms with E-state index in [2.05, 4.69) is 0 Å². The Labute approximate surface area is 189 Å². The third-order valence-corrected chi connectivity index (χ3v) is 6.60. The number of benzene rings is 1. The van der Waals surface area contributed by atoms with Gasteiger partial charge in [0.1, 0.15) is 0 Å². The summed E-state index contributed by atoms with van der Waals surface area (Å²) in [7, 11) is 0. The molecule has 2 fully saturated rings. The van der Waals surface area contributed by atoms with Crippen LogP contribution in [0.1, 0.15) is 50.5 Å². The van der Waals surface area contributed by atoms with Crippen LogP contribution in [0.15, 0.2) is 18.2 Å². The molecule has 0 atom stereocenters. The number of piperidine rings is 1. The molecule has 3 heterocycles. The summed E-state index contributed by atoms with van der Waals surface area (Å²) in [5, 5.41) is 0.485. The molecule has 168 valence electrons. The maximum Gasteiger partial charge on any atom is 0.246 e. The molecule has 0 spiro atoms. The molecule has 2 saturated heterocycles. The maximum absolute atomic E-state index is 12.8. The molecule has 1 aromatic carbocycles. The van der Waals surface area contributed by atoms with E-state index in [1.807, 2.05) is 15.9 Å². The Kier molecular flexibility index (Phi) is 7.38. The molecule has 0 aliphatic carbocycles. The topological polar surface area (TPSA) is 59.1 Å². The van der Waals surface area contributed by atoms with Crippen molar-refractivity contribution in [1.82, 2.24) is 9.80 Å². The zero-order chi connectivity index (χ0) is 21.6. The minimum atomic E-state index is -0.0381. The molecule has 0 aromatic heterocycles. The second kappa shape index (κ2) is 10.4. The molecule has 0 unspecified atom stereocenters. The van der Waals surface area contributed by atoms with Crippen molar-refractivity contribution in [3.05, 3.63) is 28.8 Å². The average Bonchev–Trinajstić information content (AvgIpc) is 3.20. The largest absolute Gasteiger partial charge is 0.489 e. The van der Waals surface area contributed by atoms with Gasteiger partial charge in [0.25, 0.3) is 0 Å². The second-order valence-electron chi connectivity index (χ2n) is 8.55. The quantitative estimate of drug-likeness (QED) is 0.654. The van der Waals surface area contributed by atoms with Crippen molar-refractivity contribution in [3.8, 4) is 11.5 Å². The van der Waals surface area contributed by atoms with Crippen LogP contribution in [0.4, 0.5) is 0 Å². The summed E-state index contributed by atoms with van der Waals surface area (Å²) >= 11 is 6.33. The Hall–Kier alpha value is -2.21. The molecule has 0 bridgehead atoms. The third-order valence-electron chi connectivity index (χ3n) is 6.32. The fourth-order valence-electron chi connectivity index (χ4n) is 4.52. The van der Waals surface area contributed by atoms with Gasteiger partial charge in [-0.1, -0.05) is 24.4 Å². The summed E-state index contributed by atoms with van der Waals surface area (Å²) in [4.78, 5) is 29.4. The van der Waals surface area contributed by atoms with Gasteiger partial charge in [-0.25, -0.2) is 0 Å². The zero-order valence-corrected chi connectivity index (χ0v) is 18.7. The first-order valence-corrected chi connectivity index (χ1v) is 11.8. The highest BCUT2D eigenvalue weighted by atomic mass is 35.5. The Morgan fingerprint density at radius 2 is 1.61 bits per heavy atom. The minimum absolute atomic E-state index is 0.0381. The van der Waals surface area contributed by atoms with Crippen molar-refractivity contribution >= 4 is 29.5 Å². The van der Waals surface area contributed by atoms with Gasteiger partial charge in [0.15, 0.2) is 11.5 Å². The van der Waals surface area contributed by atoms with Gasteiger partial charge in [-0.05, 0) is 49.5 Å². The van der Waals surface area contributed by atoms with Gasteiger partial charge in [0.2, 0.25) is 11.8 Å². The molecule has 7 heteroatoms. The molecule has 1 aromatic rings. The Morgan fingerprint density at radius 3 is 2.35 bits per heavy atom. The van der Waals surface area contributed by atoms with Crippen molar-refractivity contribution in [3.63, 3.8) is 0 Å². The summed E-state index contributed by atoms with van der Waals surface area (Å²) in [5.74, 6) is 1.48. The third kappa shape index (κ3) is 5.53. The number of likely N-dealkylation sites (tertiary alicyclic amines) is 2. The van der Waals surface area contributed by atoms with E-state index < -0.39 is 0 Å². The molecule has 31 heavy (non-hydrogen) atoms. The number of carbonyl (C=O) groups is 2. The Morgan fingerprint density at radius 1 is 0.903 bits per heavy atom. The lowest BCUT2D eigenvalue weighted by Crippen LogP contribution is -2.44. The van der Waals surface area contributed by atoms with Crippen molar-refractivity contribution in [2.75, 3.05) is 39.4 Å². The number of hydrogen-bond donors (Lipinski definition) is 0. The van der Waals surface area contributed by atoms with Crippen LogP contribution < -0.4 is 9.47 Å². The van der Waals surface area contributed by atoms with Gasteiger partial charge in [0.05, 0.1) is 18.2 Å². The highest BCUT2D eigenvalue weighted by molar-refractivity contribution is 6.32. The zero-order valence-electron chi connectivity index (χ0n) is 18.0. The van der Waals surface area contributed by atoms with Gasteiger partial charge < -0.3 is 19.3 Å². The minimum Gasteiger partial charge on any atom is -0.489 e. The van der Waals surface area contributed by atoms with E-state index in [0.29, 0.717) is 42.8 Å². The van der Waals surface area contributed by atoms with E-state index in [0.717, 1.165) is 50.8 Å². The fraction of sp³-hybridized carbons (Fsp3) is 0.583. The van der Waals surface area contributed by atoms with Gasteiger partial charge >= 0.3 is 0 Å².